The van der Waals surface area contributed by atoms with Crippen LogP contribution >= 0.6 is 0 Å². The van der Waals surface area contributed by atoms with Crippen molar-refractivity contribution < 1.29 is 9.13 Å². The van der Waals surface area contributed by atoms with E-state index in [4.69, 9.17) is 4.74 Å². The molecule has 0 fully saturated rings. The summed E-state index contributed by atoms with van der Waals surface area (Å²) in [6.45, 7) is 5.78. The largest absolute Gasteiger partial charge is 0.371 e. The van der Waals surface area contributed by atoms with Crippen molar-refractivity contribution >= 4 is 0 Å². The Bertz CT molecular complexity index is 275. The fourth-order valence-corrected chi connectivity index (χ4v) is 1.14. The molecule has 1 rings (SSSR count). The second kappa shape index (κ2) is 4.33. The van der Waals surface area contributed by atoms with Crippen molar-refractivity contribution in [3.05, 3.63) is 29.8 Å². The Morgan fingerprint density at radius 3 is 2.54 bits per heavy atom. The minimum absolute atomic E-state index is 0.108. The first-order chi connectivity index (χ1) is 6.09. The number of hydrogen-bond acceptors (Lipinski definition) is 2. The molecule has 1 heterocycles. The maximum Gasteiger partial charge on any atom is 0.141 e. The van der Waals surface area contributed by atoms with Gasteiger partial charge < -0.3 is 4.74 Å². The van der Waals surface area contributed by atoms with Gasteiger partial charge in [-0.25, -0.2) is 4.39 Å². The highest BCUT2D eigenvalue weighted by Gasteiger charge is 2.08. The van der Waals surface area contributed by atoms with Crippen molar-refractivity contribution in [3.8, 4) is 0 Å². The molecule has 0 amide bonds. The fraction of sp³-hybridized carbons (Fsp3) is 0.500. The zero-order chi connectivity index (χ0) is 9.84. The lowest BCUT2D eigenvalue weighted by molar-refractivity contribution is 0.0175. The van der Waals surface area contributed by atoms with E-state index in [-0.39, 0.29) is 18.0 Å². The summed E-state index contributed by atoms with van der Waals surface area (Å²) in [4.78, 5) is 3.76. The normalized spacial score (nSPS) is 13.3. The zero-order valence-corrected chi connectivity index (χ0v) is 8.12. The molecule has 1 aromatic rings. The molecule has 0 spiro atoms. The van der Waals surface area contributed by atoms with Gasteiger partial charge in [0.1, 0.15) is 5.82 Å². The molecule has 13 heavy (non-hydrogen) atoms. The second-order valence-electron chi connectivity index (χ2n) is 3.26. The number of rotatable bonds is 3. The van der Waals surface area contributed by atoms with Crippen LogP contribution in [0.5, 0.6) is 0 Å². The first kappa shape index (κ1) is 10.1. The van der Waals surface area contributed by atoms with Gasteiger partial charge in [0, 0.05) is 11.8 Å². The van der Waals surface area contributed by atoms with Crippen molar-refractivity contribution in [3.63, 3.8) is 0 Å². The van der Waals surface area contributed by atoms with E-state index in [1.165, 1.54) is 12.3 Å². The first-order valence-electron chi connectivity index (χ1n) is 4.35. The molecule has 0 aliphatic carbocycles. The molecule has 0 aliphatic rings. The van der Waals surface area contributed by atoms with Gasteiger partial charge in [-0.15, -0.1) is 0 Å². The average Bonchev–Trinajstić information content (AvgIpc) is 2.03. The van der Waals surface area contributed by atoms with Crippen molar-refractivity contribution in [1.29, 1.82) is 0 Å². The second-order valence-corrected chi connectivity index (χ2v) is 3.26. The predicted octanol–water partition coefficient (Wildman–Crippen LogP) is 2.71. The molecule has 0 N–H and O–H groups in total. The van der Waals surface area contributed by atoms with Crippen LogP contribution in [0, 0.1) is 5.82 Å². The zero-order valence-electron chi connectivity index (χ0n) is 8.12. The molecule has 0 aromatic carbocycles. The molecule has 1 atom stereocenters. The molecule has 0 saturated heterocycles. The van der Waals surface area contributed by atoms with Gasteiger partial charge in [0.25, 0.3) is 0 Å². The van der Waals surface area contributed by atoms with Crippen molar-refractivity contribution in [1.82, 2.24) is 4.98 Å². The van der Waals surface area contributed by atoms with E-state index in [1.807, 2.05) is 20.8 Å². The fourth-order valence-electron chi connectivity index (χ4n) is 1.14. The van der Waals surface area contributed by atoms with Crippen LogP contribution in [0.25, 0.3) is 0 Å². The summed E-state index contributed by atoms with van der Waals surface area (Å²) in [6.07, 6.45) is 2.84. The number of pyridine rings is 1. The number of ether oxygens (including phenoxy) is 1. The number of nitrogens with zero attached hydrogens (tertiary/aromatic N) is 1. The predicted molar refractivity (Wildman–Crippen MR) is 48.8 cm³/mol. The van der Waals surface area contributed by atoms with Crippen LogP contribution < -0.4 is 0 Å². The number of aromatic nitrogens is 1. The number of hydrogen-bond donors (Lipinski definition) is 0. The Hall–Kier alpha value is -0.960. The van der Waals surface area contributed by atoms with Gasteiger partial charge in [0.2, 0.25) is 0 Å². The van der Waals surface area contributed by atoms with Crippen LogP contribution in [0.4, 0.5) is 4.39 Å². The third-order valence-electron chi connectivity index (χ3n) is 1.67. The van der Waals surface area contributed by atoms with E-state index in [2.05, 4.69) is 4.98 Å². The first-order valence-corrected chi connectivity index (χ1v) is 4.35. The number of halogens is 1. The third kappa shape index (κ3) is 3.11. The summed E-state index contributed by atoms with van der Waals surface area (Å²) < 4.78 is 18.2. The molecule has 0 aliphatic heterocycles. The summed E-state index contributed by atoms with van der Waals surface area (Å²) >= 11 is 0. The van der Waals surface area contributed by atoms with Gasteiger partial charge in [-0.05, 0) is 26.8 Å². The van der Waals surface area contributed by atoms with Crippen LogP contribution in [-0.4, -0.2) is 11.1 Å². The molecule has 72 valence electrons. The molecule has 3 heteroatoms. The molecule has 0 radical (unpaired) electrons. The van der Waals surface area contributed by atoms with E-state index in [0.717, 1.165) is 5.56 Å². The average molecular weight is 183 g/mol. The minimum Gasteiger partial charge on any atom is -0.371 e. The Balaban J connectivity index is 2.71. The summed E-state index contributed by atoms with van der Waals surface area (Å²) in [5.74, 6) is -0.322. The molecule has 0 saturated carbocycles. The molecule has 1 unspecified atom stereocenters. The maximum absolute atomic E-state index is 12.7. The highest BCUT2D eigenvalue weighted by Crippen LogP contribution is 2.17. The summed E-state index contributed by atoms with van der Waals surface area (Å²) in [5, 5.41) is 0. The molecule has 1 aromatic heterocycles. The summed E-state index contributed by atoms with van der Waals surface area (Å²) in [6, 6.07) is 1.44. The lowest BCUT2D eigenvalue weighted by Crippen LogP contribution is -2.07. The summed E-state index contributed by atoms with van der Waals surface area (Å²) in [5.41, 5.74) is 0.772. The van der Waals surface area contributed by atoms with E-state index < -0.39 is 0 Å². The Morgan fingerprint density at radius 2 is 2.00 bits per heavy atom. The lowest BCUT2D eigenvalue weighted by atomic mass is 10.2. The summed E-state index contributed by atoms with van der Waals surface area (Å²) in [7, 11) is 0. The highest BCUT2D eigenvalue weighted by molar-refractivity contribution is 5.12. The Morgan fingerprint density at radius 1 is 1.31 bits per heavy atom. The lowest BCUT2D eigenvalue weighted by Gasteiger charge is -2.15. The van der Waals surface area contributed by atoms with Crippen LogP contribution in [0.1, 0.15) is 32.4 Å². The minimum atomic E-state index is -0.322. The highest BCUT2D eigenvalue weighted by atomic mass is 19.1. The smallest absolute Gasteiger partial charge is 0.141 e. The van der Waals surface area contributed by atoms with Crippen molar-refractivity contribution in [2.75, 3.05) is 0 Å². The van der Waals surface area contributed by atoms with Gasteiger partial charge in [-0.3, -0.25) is 4.98 Å². The van der Waals surface area contributed by atoms with Crippen molar-refractivity contribution in [2.24, 2.45) is 0 Å². The molecular formula is C10H14FNO. The van der Waals surface area contributed by atoms with Gasteiger partial charge >= 0.3 is 0 Å². The van der Waals surface area contributed by atoms with Crippen LogP contribution in [0.2, 0.25) is 0 Å². The standard InChI is InChI=1S/C10H14FNO/c1-7(2)13-8(3)9-4-10(11)6-12-5-9/h4-8H,1-3H3. The van der Waals surface area contributed by atoms with E-state index >= 15 is 0 Å². The van der Waals surface area contributed by atoms with E-state index in [0.29, 0.717) is 0 Å². The maximum atomic E-state index is 12.7. The molecule has 2 nitrogen and oxygen atoms in total. The van der Waals surface area contributed by atoms with Gasteiger partial charge in [-0.1, -0.05) is 0 Å². The van der Waals surface area contributed by atoms with Crippen LogP contribution in [0.15, 0.2) is 18.5 Å². The third-order valence-corrected chi connectivity index (χ3v) is 1.67. The van der Waals surface area contributed by atoms with Gasteiger partial charge in [-0.2, -0.15) is 0 Å². The van der Waals surface area contributed by atoms with Crippen LogP contribution in [0.3, 0.4) is 0 Å². The quantitative estimate of drug-likeness (QED) is 0.718. The molecular weight excluding hydrogens is 169 g/mol. The van der Waals surface area contributed by atoms with Gasteiger partial charge in [0.15, 0.2) is 0 Å². The Kier molecular flexibility index (Phi) is 3.37. The Labute approximate surface area is 77.8 Å². The van der Waals surface area contributed by atoms with Gasteiger partial charge in [0.05, 0.1) is 18.4 Å². The van der Waals surface area contributed by atoms with Crippen molar-refractivity contribution in [2.45, 2.75) is 33.0 Å². The van der Waals surface area contributed by atoms with E-state index in [9.17, 15) is 4.39 Å². The molecule has 0 bridgehead atoms. The monoisotopic (exact) mass is 183 g/mol. The van der Waals surface area contributed by atoms with E-state index in [1.54, 1.807) is 6.20 Å². The van der Waals surface area contributed by atoms with Crippen LogP contribution in [-0.2, 0) is 4.74 Å². The SMILES string of the molecule is CC(C)OC(C)c1cncc(F)c1. The topological polar surface area (TPSA) is 22.1 Å².